The zero-order valence-electron chi connectivity index (χ0n) is 9.46. The van der Waals surface area contributed by atoms with Gasteiger partial charge in [0.15, 0.2) is 0 Å². The molecule has 0 N–H and O–H groups in total. The summed E-state index contributed by atoms with van der Waals surface area (Å²) in [4.78, 5) is -0.151. The molecule has 1 fully saturated rings. The van der Waals surface area contributed by atoms with Gasteiger partial charge in [-0.15, -0.1) is 0 Å². The van der Waals surface area contributed by atoms with Crippen LogP contribution in [0.15, 0.2) is 18.2 Å². The van der Waals surface area contributed by atoms with Gasteiger partial charge in [-0.1, -0.05) is 15.9 Å². The van der Waals surface area contributed by atoms with Crippen molar-refractivity contribution in [3.8, 4) is 0 Å². The predicted octanol–water partition coefficient (Wildman–Crippen LogP) is 4.36. The highest BCUT2D eigenvalue weighted by Gasteiger charge is 2.19. The van der Waals surface area contributed by atoms with E-state index < -0.39 is 5.82 Å². The highest BCUT2D eigenvalue weighted by atomic mass is 79.9. The summed E-state index contributed by atoms with van der Waals surface area (Å²) in [5.41, 5.74) is 0.392. The number of alkyl halides is 1. The van der Waals surface area contributed by atoms with Gasteiger partial charge in [0.1, 0.15) is 11.6 Å². The molecule has 2 rings (SSSR count). The largest absolute Gasteiger partial charge is 0.378 e. The fourth-order valence-corrected chi connectivity index (χ4v) is 2.73. The van der Waals surface area contributed by atoms with Crippen molar-refractivity contribution in [2.45, 2.75) is 36.6 Å². The van der Waals surface area contributed by atoms with Crippen molar-refractivity contribution < 1.29 is 13.5 Å². The van der Waals surface area contributed by atoms with Crippen LogP contribution in [0.5, 0.6) is 0 Å². The van der Waals surface area contributed by atoms with E-state index >= 15 is 0 Å². The fourth-order valence-electron chi connectivity index (χ4n) is 2.11. The number of rotatable bonds is 4. The lowest BCUT2D eigenvalue weighted by Crippen LogP contribution is -2.06. The first-order chi connectivity index (χ1) is 8.16. The van der Waals surface area contributed by atoms with Crippen molar-refractivity contribution >= 4 is 15.9 Å². The Morgan fingerprint density at radius 1 is 1.41 bits per heavy atom. The van der Waals surface area contributed by atoms with E-state index in [4.69, 9.17) is 4.74 Å². The summed E-state index contributed by atoms with van der Waals surface area (Å²) in [6, 6.07) is 3.56. The quantitative estimate of drug-likeness (QED) is 0.751. The van der Waals surface area contributed by atoms with Gasteiger partial charge in [-0.2, -0.15) is 0 Å². The molecule has 1 saturated heterocycles. The third-order valence-electron chi connectivity index (χ3n) is 3.06. The van der Waals surface area contributed by atoms with Crippen molar-refractivity contribution in [2.75, 3.05) is 6.61 Å². The van der Waals surface area contributed by atoms with Gasteiger partial charge in [0.25, 0.3) is 0 Å². The van der Waals surface area contributed by atoms with Crippen LogP contribution in [0.3, 0.4) is 0 Å². The molecule has 1 aromatic rings. The molecule has 1 aliphatic heterocycles. The van der Waals surface area contributed by atoms with Gasteiger partial charge in [0.05, 0.1) is 6.10 Å². The van der Waals surface area contributed by atoms with Crippen molar-refractivity contribution in [1.82, 2.24) is 0 Å². The van der Waals surface area contributed by atoms with E-state index in [1.807, 2.05) is 0 Å². The normalized spacial score (nSPS) is 21.7. The van der Waals surface area contributed by atoms with Crippen molar-refractivity contribution in [1.29, 1.82) is 0 Å². The second-order valence-corrected chi connectivity index (χ2v) is 5.45. The summed E-state index contributed by atoms with van der Waals surface area (Å²) >= 11 is 3.42. The van der Waals surface area contributed by atoms with Crippen LogP contribution in [0, 0.1) is 11.6 Å². The van der Waals surface area contributed by atoms with E-state index in [0.29, 0.717) is 5.56 Å². The monoisotopic (exact) mass is 304 g/mol. The first-order valence-corrected chi connectivity index (χ1v) is 6.79. The average Bonchev–Trinajstić information content (AvgIpc) is 2.82. The zero-order valence-corrected chi connectivity index (χ0v) is 11.1. The van der Waals surface area contributed by atoms with Crippen LogP contribution >= 0.6 is 15.9 Å². The van der Waals surface area contributed by atoms with Gasteiger partial charge in [-0.25, -0.2) is 8.78 Å². The van der Waals surface area contributed by atoms with Gasteiger partial charge in [-0.3, -0.25) is 0 Å². The van der Waals surface area contributed by atoms with Gasteiger partial charge in [-0.05, 0) is 43.9 Å². The third-order valence-corrected chi connectivity index (χ3v) is 4.01. The SMILES string of the molecule is Fc1ccc(F)c(C(Br)CCC2CCCO2)c1. The van der Waals surface area contributed by atoms with E-state index in [0.717, 1.165) is 38.4 Å². The molecule has 1 nitrogen and oxygen atoms in total. The molecule has 4 heteroatoms. The molecule has 1 aromatic carbocycles. The molecular formula is C13H15BrF2O. The van der Waals surface area contributed by atoms with Crippen molar-refractivity contribution in [3.05, 3.63) is 35.4 Å². The summed E-state index contributed by atoms with van der Waals surface area (Å²) in [7, 11) is 0. The Bertz CT molecular complexity index is 378. The Labute approximate surface area is 108 Å². The average molecular weight is 305 g/mol. The summed E-state index contributed by atoms with van der Waals surface area (Å²) in [6.45, 7) is 0.825. The van der Waals surface area contributed by atoms with Crippen molar-refractivity contribution in [3.63, 3.8) is 0 Å². The van der Waals surface area contributed by atoms with E-state index in [-0.39, 0.29) is 16.7 Å². The van der Waals surface area contributed by atoms with Crippen LogP contribution in [0.1, 0.15) is 36.1 Å². The lowest BCUT2D eigenvalue weighted by Gasteiger charge is -2.14. The smallest absolute Gasteiger partial charge is 0.127 e. The Balaban J connectivity index is 1.93. The second kappa shape index (κ2) is 5.91. The molecule has 0 amide bonds. The van der Waals surface area contributed by atoms with Crippen LogP contribution in [-0.2, 0) is 4.74 Å². The summed E-state index contributed by atoms with van der Waals surface area (Å²) in [5.74, 6) is -0.761. The Morgan fingerprint density at radius 3 is 2.94 bits per heavy atom. The molecule has 2 unspecified atom stereocenters. The van der Waals surface area contributed by atoms with Gasteiger partial charge < -0.3 is 4.74 Å². The minimum absolute atomic E-state index is 0.151. The van der Waals surface area contributed by atoms with Crippen LogP contribution in [-0.4, -0.2) is 12.7 Å². The topological polar surface area (TPSA) is 9.23 Å². The number of halogens is 3. The van der Waals surface area contributed by atoms with E-state index in [2.05, 4.69) is 15.9 Å². The molecule has 0 aliphatic carbocycles. The Kier molecular flexibility index (Phi) is 4.51. The molecular weight excluding hydrogens is 290 g/mol. The predicted molar refractivity (Wildman–Crippen MR) is 66.2 cm³/mol. The molecule has 0 radical (unpaired) electrons. The first kappa shape index (κ1) is 13.0. The summed E-state index contributed by atoms with van der Waals surface area (Å²) in [6.07, 6.45) is 4.10. The highest BCUT2D eigenvalue weighted by Crippen LogP contribution is 2.32. The van der Waals surface area contributed by atoms with E-state index in [9.17, 15) is 8.78 Å². The molecule has 17 heavy (non-hydrogen) atoms. The molecule has 0 aromatic heterocycles. The minimum atomic E-state index is -0.400. The molecule has 0 bridgehead atoms. The summed E-state index contributed by atoms with van der Waals surface area (Å²) < 4.78 is 32.0. The maximum absolute atomic E-state index is 13.5. The molecule has 94 valence electrons. The lowest BCUT2D eigenvalue weighted by atomic mass is 10.0. The minimum Gasteiger partial charge on any atom is -0.378 e. The number of hydrogen-bond acceptors (Lipinski definition) is 1. The van der Waals surface area contributed by atoms with Crippen LogP contribution in [0.25, 0.3) is 0 Å². The third kappa shape index (κ3) is 3.49. The standard InChI is InChI=1S/C13H15BrF2O/c14-12(5-4-10-2-1-7-17-10)11-8-9(15)3-6-13(11)16/h3,6,8,10,12H,1-2,4-5,7H2. The molecule has 0 saturated carbocycles. The molecule has 2 atom stereocenters. The van der Waals surface area contributed by atoms with Crippen LogP contribution in [0.4, 0.5) is 8.78 Å². The lowest BCUT2D eigenvalue weighted by molar-refractivity contribution is 0.102. The van der Waals surface area contributed by atoms with Gasteiger partial charge in [0.2, 0.25) is 0 Å². The fraction of sp³-hybridized carbons (Fsp3) is 0.538. The van der Waals surface area contributed by atoms with Crippen molar-refractivity contribution in [2.24, 2.45) is 0 Å². The van der Waals surface area contributed by atoms with Gasteiger partial charge >= 0.3 is 0 Å². The molecule has 0 spiro atoms. The maximum Gasteiger partial charge on any atom is 0.127 e. The Morgan fingerprint density at radius 2 is 2.24 bits per heavy atom. The number of benzene rings is 1. The van der Waals surface area contributed by atoms with Crippen LogP contribution in [0.2, 0.25) is 0 Å². The van der Waals surface area contributed by atoms with E-state index in [1.165, 1.54) is 12.1 Å². The van der Waals surface area contributed by atoms with E-state index in [1.54, 1.807) is 0 Å². The maximum atomic E-state index is 13.5. The number of ether oxygens (including phenoxy) is 1. The first-order valence-electron chi connectivity index (χ1n) is 5.87. The number of hydrogen-bond donors (Lipinski definition) is 0. The van der Waals surface area contributed by atoms with Gasteiger partial charge in [0, 0.05) is 17.0 Å². The zero-order chi connectivity index (χ0) is 12.3. The van der Waals surface area contributed by atoms with Crippen LogP contribution < -0.4 is 0 Å². The summed E-state index contributed by atoms with van der Waals surface area (Å²) in [5, 5.41) is 0. The Hall–Kier alpha value is -0.480. The molecule has 1 aliphatic rings. The second-order valence-electron chi connectivity index (χ2n) is 4.35. The highest BCUT2D eigenvalue weighted by molar-refractivity contribution is 9.09. The molecule has 1 heterocycles.